The predicted molar refractivity (Wildman–Crippen MR) is 71.3 cm³/mol. The van der Waals surface area contributed by atoms with Crippen molar-refractivity contribution in [1.29, 1.82) is 0 Å². The second kappa shape index (κ2) is 6.35. The monoisotopic (exact) mass is 282 g/mol. The van der Waals surface area contributed by atoms with Crippen LogP contribution in [0.4, 0.5) is 0 Å². The number of carbonyl (C=O) groups excluding carboxylic acids is 1. The van der Waals surface area contributed by atoms with Gasteiger partial charge in [0.25, 0.3) is 0 Å². The summed E-state index contributed by atoms with van der Waals surface area (Å²) in [6.45, 7) is 4.11. The summed E-state index contributed by atoms with van der Waals surface area (Å²) in [7, 11) is 1.64. The molecule has 6 heteroatoms. The van der Waals surface area contributed by atoms with Gasteiger partial charge in [-0.1, -0.05) is 18.0 Å². The van der Waals surface area contributed by atoms with Crippen LogP contribution < -0.4 is 0 Å². The van der Waals surface area contributed by atoms with E-state index in [-0.39, 0.29) is 12.1 Å². The lowest BCUT2D eigenvalue weighted by Gasteiger charge is -2.21. The molecule has 20 heavy (non-hydrogen) atoms. The fraction of sp³-hybridized carbons (Fsp3) is 0.786. The summed E-state index contributed by atoms with van der Waals surface area (Å²) in [5, 5.41) is 3.96. The number of hydrogen-bond donors (Lipinski definition) is 0. The van der Waals surface area contributed by atoms with Crippen LogP contribution in [0.15, 0.2) is 4.52 Å². The first-order valence-corrected chi connectivity index (χ1v) is 7.15. The molecule has 0 amide bonds. The number of esters is 1. The Labute approximate surface area is 118 Å². The van der Waals surface area contributed by atoms with Crippen LogP contribution in [0.5, 0.6) is 0 Å². The fourth-order valence-corrected chi connectivity index (χ4v) is 2.62. The molecule has 0 spiro atoms. The van der Waals surface area contributed by atoms with Crippen molar-refractivity contribution in [2.75, 3.05) is 13.7 Å². The first-order chi connectivity index (χ1) is 9.62. The first kappa shape index (κ1) is 15.0. The lowest BCUT2D eigenvalue weighted by atomic mass is 9.86. The molecule has 0 bridgehead atoms. The lowest BCUT2D eigenvalue weighted by Crippen LogP contribution is -2.35. The Hall–Kier alpha value is -1.43. The minimum absolute atomic E-state index is 0.0163. The van der Waals surface area contributed by atoms with Gasteiger partial charge in [0.05, 0.1) is 12.7 Å². The van der Waals surface area contributed by atoms with Crippen molar-refractivity contribution in [3.63, 3.8) is 0 Å². The van der Waals surface area contributed by atoms with Crippen LogP contribution in [0.2, 0.25) is 0 Å². The number of nitrogens with zero attached hydrogens (tertiary/aromatic N) is 2. The van der Waals surface area contributed by atoms with Crippen LogP contribution >= 0.6 is 0 Å². The molecule has 1 atom stereocenters. The zero-order valence-electron chi connectivity index (χ0n) is 12.3. The summed E-state index contributed by atoms with van der Waals surface area (Å²) < 4.78 is 15.7. The third-order valence-corrected chi connectivity index (χ3v) is 3.87. The van der Waals surface area contributed by atoms with Gasteiger partial charge in [0.15, 0.2) is 5.82 Å². The van der Waals surface area contributed by atoms with E-state index in [1.165, 1.54) is 0 Å². The first-order valence-electron chi connectivity index (χ1n) is 7.15. The van der Waals surface area contributed by atoms with Gasteiger partial charge in [0.1, 0.15) is 5.41 Å². The van der Waals surface area contributed by atoms with Gasteiger partial charge in [0.2, 0.25) is 5.89 Å². The molecule has 0 saturated heterocycles. The minimum atomic E-state index is -0.739. The Morgan fingerprint density at radius 3 is 2.75 bits per heavy atom. The Balaban J connectivity index is 2.20. The Bertz CT molecular complexity index is 452. The standard InChI is InChI=1S/C14H22N2O4/c1-4-19-13(17)14(7-5-6-8-14)12-15-11(16-20-12)9-10(2)18-3/h10H,4-9H2,1-3H3. The molecular weight excluding hydrogens is 260 g/mol. The second-order valence-corrected chi connectivity index (χ2v) is 5.28. The maximum Gasteiger partial charge on any atom is 0.321 e. The zero-order valence-corrected chi connectivity index (χ0v) is 12.3. The molecule has 0 aromatic carbocycles. The predicted octanol–water partition coefficient (Wildman–Crippen LogP) is 2.02. The molecule has 0 aliphatic heterocycles. The molecule has 6 nitrogen and oxygen atoms in total. The highest BCUT2D eigenvalue weighted by atomic mass is 16.5. The van der Waals surface area contributed by atoms with Gasteiger partial charge in [-0.3, -0.25) is 4.79 Å². The van der Waals surface area contributed by atoms with Crippen molar-refractivity contribution in [2.24, 2.45) is 0 Å². The van der Waals surface area contributed by atoms with E-state index in [9.17, 15) is 4.79 Å². The average molecular weight is 282 g/mol. The van der Waals surface area contributed by atoms with Crippen LogP contribution in [0.3, 0.4) is 0 Å². The molecule has 1 aromatic heterocycles. The third kappa shape index (κ3) is 2.85. The highest BCUT2D eigenvalue weighted by molar-refractivity contribution is 5.82. The highest BCUT2D eigenvalue weighted by Crippen LogP contribution is 2.41. The number of ether oxygens (including phenoxy) is 2. The van der Waals surface area contributed by atoms with Crippen LogP contribution in [-0.4, -0.2) is 35.9 Å². The van der Waals surface area contributed by atoms with Crippen molar-refractivity contribution >= 4 is 5.97 Å². The van der Waals surface area contributed by atoms with Crippen molar-refractivity contribution < 1.29 is 18.8 Å². The number of methoxy groups -OCH3 is 1. The molecule has 1 fully saturated rings. The molecule has 112 valence electrons. The largest absolute Gasteiger partial charge is 0.465 e. The third-order valence-electron chi connectivity index (χ3n) is 3.87. The van der Waals surface area contributed by atoms with Gasteiger partial charge in [-0.2, -0.15) is 4.98 Å². The van der Waals surface area contributed by atoms with Gasteiger partial charge in [-0.05, 0) is 26.7 Å². The van der Waals surface area contributed by atoms with E-state index in [1.807, 2.05) is 6.92 Å². The summed E-state index contributed by atoms with van der Waals surface area (Å²) in [4.78, 5) is 16.7. The summed E-state index contributed by atoms with van der Waals surface area (Å²) in [5.41, 5.74) is -0.739. The molecular formula is C14H22N2O4. The topological polar surface area (TPSA) is 74.5 Å². The Morgan fingerprint density at radius 1 is 1.45 bits per heavy atom. The number of aromatic nitrogens is 2. The molecule has 2 rings (SSSR count). The maximum atomic E-state index is 12.3. The van der Waals surface area contributed by atoms with Crippen LogP contribution in [0, 0.1) is 0 Å². The average Bonchev–Trinajstić information content (AvgIpc) is 3.08. The van der Waals surface area contributed by atoms with Crippen molar-refractivity contribution in [1.82, 2.24) is 10.1 Å². The van der Waals surface area contributed by atoms with Crippen molar-refractivity contribution in [3.8, 4) is 0 Å². The quantitative estimate of drug-likeness (QED) is 0.743. The Morgan fingerprint density at radius 2 is 2.15 bits per heavy atom. The van der Waals surface area contributed by atoms with Crippen molar-refractivity contribution in [3.05, 3.63) is 11.7 Å². The second-order valence-electron chi connectivity index (χ2n) is 5.28. The maximum absolute atomic E-state index is 12.3. The van der Waals surface area contributed by atoms with Crippen LogP contribution in [-0.2, 0) is 26.1 Å². The van der Waals surface area contributed by atoms with Gasteiger partial charge < -0.3 is 14.0 Å². The summed E-state index contributed by atoms with van der Waals surface area (Å²) in [5.74, 6) is 0.726. The molecule has 1 saturated carbocycles. The van der Waals surface area contributed by atoms with Gasteiger partial charge >= 0.3 is 5.97 Å². The Kier molecular flexibility index (Phi) is 4.75. The number of carbonyl (C=O) groups is 1. The summed E-state index contributed by atoms with van der Waals surface area (Å²) >= 11 is 0. The van der Waals surface area contributed by atoms with E-state index in [2.05, 4.69) is 10.1 Å². The van der Waals surface area contributed by atoms with E-state index in [0.717, 1.165) is 12.8 Å². The number of rotatable bonds is 6. The molecule has 1 aromatic rings. The van der Waals surface area contributed by atoms with Crippen LogP contribution in [0.25, 0.3) is 0 Å². The van der Waals surface area contributed by atoms with E-state index in [0.29, 0.717) is 37.6 Å². The number of hydrogen-bond acceptors (Lipinski definition) is 6. The van der Waals surface area contributed by atoms with E-state index in [1.54, 1.807) is 14.0 Å². The lowest BCUT2D eigenvalue weighted by molar-refractivity contribution is -0.151. The fourth-order valence-electron chi connectivity index (χ4n) is 2.62. The molecule has 1 aliphatic rings. The molecule has 1 aliphatic carbocycles. The summed E-state index contributed by atoms with van der Waals surface area (Å²) in [6, 6.07) is 0. The molecule has 0 radical (unpaired) electrons. The zero-order chi connectivity index (χ0) is 14.6. The molecule has 0 N–H and O–H groups in total. The van der Waals surface area contributed by atoms with E-state index < -0.39 is 5.41 Å². The van der Waals surface area contributed by atoms with Gasteiger partial charge in [-0.15, -0.1) is 0 Å². The van der Waals surface area contributed by atoms with E-state index >= 15 is 0 Å². The van der Waals surface area contributed by atoms with Crippen molar-refractivity contribution in [2.45, 2.75) is 57.5 Å². The van der Waals surface area contributed by atoms with Gasteiger partial charge in [-0.25, -0.2) is 0 Å². The normalized spacial score (nSPS) is 18.9. The van der Waals surface area contributed by atoms with Crippen LogP contribution in [0.1, 0.15) is 51.2 Å². The minimum Gasteiger partial charge on any atom is -0.465 e. The van der Waals surface area contributed by atoms with Gasteiger partial charge in [0, 0.05) is 13.5 Å². The van der Waals surface area contributed by atoms with E-state index in [4.69, 9.17) is 14.0 Å². The highest BCUT2D eigenvalue weighted by Gasteiger charge is 2.49. The molecule has 1 unspecified atom stereocenters. The molecule has 1 heterocycles. The smallest absolute Gasteiger partial charge is 0.321 e. The summed E-state index contributed by atoms with van der Waals surface area (Å²) in [6.07, 6.45) is 3.97. The SMILES string of the molecule is CCOC(=O)C1(c2nc(CC(C)OC)no2)CCCC1.